The van der Waals surface area contributed by atoms with E-state index in [1.165, 1.54) is 186 Å². The highest BCUT2D eigenvalue weighted by molar-refractivity contribution is 5.71. The Morgan fingerprint density at radius 3 is 0.815 bits per heavy atom. The molecular formula is C75H128O6. The van der Waals surface area contributed by atoms with Crippen molar-refractivity contribution < 1.29 is 28.6 Å². The number of rotatable bonds is 62. The highest BCUT2D eigenvalue weighted by Gasteiger charge is 2.19. The van der Waals surface area contributed by atoms with Gasteiger partial charge in [-0.3, -0.25) is 14.4 Å². The first-order chi connectivity index (χ1) is 40.0. The van der Waals surface area contributed by atoms with Crippen molar-refractivity contribution in [3.8, 4) is 0 Å². The Hall–Kier alpha value is -3.93. The lowest BCUT2D eigenvalue weighted by Gasteiger charge is -2.18. The van der Waals surface area contributed by atoms with Gasteiger partial charge in [0.25, 0.3) is 0 Å². The van der Waals surface area contributed by atoms with Crippen molar-refractivity contribution in [2.75, 3.05) is 13.2 Å². The molecule has 0 radical (unpaired) electrons. The molecule has 0 heterocycles. The standard InChI is InChI=1S/C75H128O6/c1-4-7-10-13-16-19-22-25-28-31-33-35-37-39-41-44-47-50-53-56-59-62-65-68-74(77)80-71-72(70-79-73(76)67-64-61-58-55-52-49-46-43-30-27-24-21-18-15-12-9-6-3)81-75(78)69-66-63-60-57-54-51-48-45-42-40-38-36-34-32-29-26-23-20-17-14-11-8-5-2/h9,12,18,21-22,25,27,30-34,37,39,46,49,55,58,72H,4-8,10-11,13-17,19-20,23-24,26,28-29,35-36,38,40-45,47-48,50-54,56-57,59-71H2,1-3H3/b12-9-,21-18-,25-22-,30-27-,33-31-,34-32-,39-37-,49-46-,58-55-. The van der Waals surface area contributed by atoms with Crippen LogP contribution in [0, 0.1) is 0 Å². The topological polar surface area (TPSA) is 78.9 Å². The van der Waals surface area contributed by atoms with Gasteiger partial charge in [-0.1, -0.05) is 297 Å². The number of allylic oxidation sites excluding steroid dienone is 18. The van der Waals surface area contributed by atoms with Crippen LogP contribution < -0.4 is 0 Å². The van der Waals surface area contributed by atoms with Gasteiger partial charge in [-0.25, -0.2) is 0 Å². The van der Waals surface area contributed by atoms with Crippen LogP contribution in [0.25, 0.3) is 0 Å². The van der Waals surface area contributed by atoms with E-state index in [9.17, 15) is 14.4 Å². The average Bonchev–Trinajstić information content (AvgIpc) is 3.47. The summed E-state index contributed by atoms with van der Waals surface area (Å²) in [7, 11) is 0. The molecule has 0 spiro atoms. The zero-order valence-corrected chi connectivity index (χ0v) is 53.3. The quantitative estimate of drug-likeness (QED) is 0.0261. The van der Waals surface area contributed by atoms with Crippen LogP contribution >= 0.6 is 0 Å². The number of carbonyl (C=O) groups excluding carboxylic acids is 3. The number of unbranched alkanes of at least 4 members (excludes halogenated alkanes) is 33. The van der Waals surface area contributed by atoms with E-state index in [0.29, 0.717) is 19.3 Å². The molecule has 0 fully saturated rings. The molecule has 81 heavy (non-hydrogen) atoms. The van der Waals surface area contributed by atoms with Gasteiger partial charge >= 0.3 is 17.9 Å². The van der Waals surface area contributed by atoms with Gasteiger partial charge in [-0.2, -0.15) is 0 Å². The molecule has 0 aliphatic rings. The Balaban J connectivity index is 4.43. The first-order valence-corrected chi connectivity index (χ1v) is 34.4. The largest absolute Gasteiger partial charge is 0.462 e. The molecule has 0 aliphatic carbocycles. The maximum Gasteiger partial charge on any atom is 0.306 e. The van der Waals surface area contributed by atoms with Crippen LogP contribution in [-0.2, 0) is 28.6 Å². The summed E-state index contributed by atoms with van der Waals surface area (Å²) in [5.74, 6) is -0.957. The SMILES string of the molecule is CC/C=C\C/C=C\C/C=C\C/C=C\C/C=C\CCCC(=O)OCC(COC(=O)CCCCCCCCCC/C=C\C/C=C\C/C=C\CCCCCCC)OC(=O)CCCCCCCCCCCCC/C=C\CCCCCCCCCC. The van der Waals surface area contributed by atoms with Crippen LogP contribution in [-0.4, -0.2) is 37.2 Å². The van der Waals surface area contributed by atoms with E-state index in [4.69, 9.17) is 14.2 Å². The molecule has 0 aromatic carbocycles. The number of hydrogen-bond donors (Lipinski definition) is 0. The van der Waals surface area contributed by atoms with Crippen LogP contribution in [0.4, 0.5) is 0 Å². The van der Waals surface area contributed by atoms with Gasteiger partial charge in [0.2, 0.25) is 0 Å². The molecule has 1 atom stereocenters. The van der Waals surface area contributed by atoms with Gasteiger partial charge in [-0.15, -0.1) is 0 Å². The zero-order valence-electron chi connectivity index (χ0n) is 53.3. The molecule has 1 unspecified atom stereocenters. The van der Waals surface area contributed by atoms with Crippen molar-refractivity contribution in [3.05, 3.63) is 109 Å². The Kier molecular flexibility index (Phi) is 65.2. The lowest BCUT2D eigenvalue weighted by atomic mass is 10.0. The fourth-order valence-electron chi connectivity index (χ4n) is 9.60. The van der Waals surface area contributed by atoms with Crippen LogP contribution in [0.5, 0.6) is 0 Å². The lowest BCUT2D eigenvalue weighted by molar-refractivity contribution is -0.167. The zero-order chi connectivity index (χ0) is 58.5. The van der Waals surface area contributed by atoms with Crippen molar-refractivity contribution in [3.63, 3.8) is 0 Å². The Bertz CT molecular complexity index is 1620. The number of esters is 3. The second-order valence-electron chi connectivity index (χ2n) is 22.7. The van der Waals surface area contributed by atoms with Gasteiger partial charge < -0.3 is 14.2 Å². The molecule has 0 aromatic heterocycles. The minimum absolute atomic E-state index is 0.100. The third-order valence-corrected chi connectivity index (χ3v) is 14.7. The van der Waals surface area contributed by atoms with E-state index in [1.807, 2.05) is 0 Å². The molecule has 0 aromatic rings. The summed E-state index contributed by atoms with van der Waals surface area (Å²) in [6, 6.07) is 0. The summed E-state index contributed by atoms with van der Waals surface area (Å²) in [6.45, 7) is 6.49. The summed E-state index contributed by atoms with van der Waals surface area (Å²) in [6.07, 6.45) is 94.0. The maximum absolute atomic E-state index is 13.0. The van der Waals surface area contributed by atoms with Gasteiger partial charge in [-0.05, 0) is 122 Å². The number of carbonyl (C=O) groups is 3. The Morgan fingerprint density at radius 2 is 0.494 bits per heavy atom. The first-order valence-electron chi connectivity index (χ1n) is 34.4. The van der Waals surface area contributed by atoms with Gasteiger partial charge in [0, 0.05) is 19.3 Å². The number of hydrogen-bond acceptors (Lipinski definition) is 6. The summed E-state index contributed by atoms with van der Waals surface area (Å²) in [5, 5.41) is 0. The minimum atomic E-state index is -0.809. The average molecular weight is 1130 g/mol. The minimum Gasteiger partial charge on any atom is -0.462 e. The van der Waals surface area contributed by atoms with Crippen LogP contribution in [0.15, 0.2) is 109 Å². The Morgan fingerprint density at radius 1 is 0.259 bits per heavy atom. The predicted octanol–water partition coefficient (Wildman–Crippen LogP) is 23.8. The molecule has 6 nitrogen and oxygen atoms in total. The van der Waals surface area contributed by atoms with Crippen molar-refractivity contribution in [2.45, 2.75) is 335 Å². The molecule has 6 heteroatoms. The molecule has 0 rings (SSSR count). The normalized spacial score (nSPS) is 12.8. The summed E-state index contributed by atoms with van der Waals surface area (Å²) in [5.41, 5.74) is 0. The van der Waals surface area contributed by atoms with Crippen LogP contribution in [0.1, 0.15) is 329 Å². The van der Waals surface area contributed by atoms with E-state index in [1.54, 1.807) is 0 Å². The molecule has 464 valence electrons. The van der Waals surface area contributed by atoms with Crippen molar-refractivity contribution in [1.82, 2.24) is 0 Å². The van der Waals surface area contributed by atoms with Gasteiger partial charge in [0.15, 0.2) is 6.10 Å². The molecule has 0 bridgehead atoms. The van der Waals surface area contributed by atoms with Gasteiger partial charge in [0.05, 0.1) is 0 Å². The molecule has 0 amide bonds. The number of ether oxygens (including phenoxy) is 3. The molecule has 0 saturated heterocycles. The maximum atomic E-state index is 13.0. The second-order valence-corrected chi connectivity index (χ2v) is 22.7. The molecular weight excluding hydrogens is 997 g/mol. The lowest BCUT2D eigenvalue weighted by Crippen LogP contribution is -2.30. The summed E-state index contributed by atoms with van der Waals surface area (Å²) in [4.78, 5) is 38.4. The third kappa shape index (κ3) is 66.8. The summed E-state index contributed by atoms with van der Waals surface area (Å²) >= 11 is 0. The van der Waals surface area contributed by atoms with Crippen molar-refractivity contribution >= 4 is 17.9 Å². The predicted molar refractivity (Wildman–Crippen MR) is 353 cm³/mol. The fraction of sp³-hybridized carbons (Fsp3) is 0.720. The van der Waals surface area contributed by atoms with E-state index >= 15 is 0 Å². The van der Waals surface area contributed by atoms with Crippen LogP contribution in [0.3, 0.4) is 0 Å². The highest BCUT2D eigenvalue weighted by Crippen LogP contribution is 2.16. The van der Waals surface area contributed by atoms with Crippen molar-refractivity contribution in [1.29, 1.82) is 0 Å². The van der Waals surface area contributed by atoms with E-state index < -0.39 is 6.10 Å². The molecule has 0 saturated carbocycles. The van der Waals surface area contributed by atoms with Gasteiger partial charge in [0.1, 0.15) is 13.2 Å². The summed E-state index contributed by atoms with van der Waals surface area (Å²) < 4.78 is 16.9. The smallest absolute Gasteiger partial charge is 0.306 e. The Labute approximate surface area is 501 Å². The van der Waals surface area contributed by atoms with E-state index in [-0.39, 0.29) is 37.5 Å². The van der Waals surface area contributed by atoms with Crippen molar-refractivity contribution in [2.24, 2.45) is 0 Å². The molecule has 0 N–H and O–H groups in total. The molecule has 0 aliphatic heterocycles. The van der Waals surface area contributed by atoms with Crippen LogP contribution in [0.2, 0.25) is 0 Å². The highest BCUT2D eigenvalue weighted by atomic mass is 16.6. The second kappa shape index (κ2) is 68.6. The first kappa shape index (κ1) is 77.1. The monoisotopic (exact) mass is 1120 g/mol. The van der Waals surface area contributed by atoms with E-state index in [2.05, 4.69) is 130 Å². The fourth-order valence-corrected chi connectivity index (χ4v) is 9.60. The van der Waals surface area contributed by atoms with E-state index in [0.717, 1.165) is 96.3 Å². The third-order valence-electron chi connectivity index (χ3n) is 14.7.